The molecule has 1 aromatic carbocycles. The van der Waals surface area contributed by atoms with Crippen LogP contribution in [-0.4, -0.2) is 33.5 Å². The second kappa shape index (κ2) is 7.14. The lowest BCUT2D eigenvalue weighted by Crippen LogP contribution is -2.16. The maximum Gasteiger partial charge on any atom is 0.161 e. The molecule has 1 unspecified atom stereocenters. The van der Waals surface area contributed by atoms with E-state index in [-0.39, 0.29) is 6.10 Å². The molecule has 0 saturated heterocycles. The zero-order valence-electron chi connectivity index (χ0n) is 10.7. The largest absolute Gasteiger partial charge is 0.493 e. The normalized spacial score (nSPS) is 12.2. The van der Waals surface area contributed by atoms with Crippen LogP contribution >= 0.6 is 0 Å². The smallest absolute Gasteiger partial charge is 0.161 e. The van der Waals surface area contributed by atoms with E-state index < -0.39 is 0 Å². The monoisotopic (exact) mass is 239 g/mol. The fourth-order valence-electron chi connectivity index (χ4n) is 1.43. The average molecular weight is 239 g/mol. The molecule has 17 heavy (non-hydrogen) atoms. The van der Waals surface area contributed by atoms with E-state index in [4.69, 9.17) is 19.9 Å². The third-order valence-electron chi connectivity index (χ3n) is 2.54. The first-order valence-corrected chi connectivity index (χ1v) is 5.73. The van der Waals surface area contributed by atoms with Crippen molar-refractivity contribution in [1.29, 1.82) is 0 Å². The van der Waals surface area contributed by atoms with Gasteiger partial charge < -0.3 is 19.9 Å². The molecule has 4 nitrogen and oxygen atoms in total. The SMILES string of the molecule is COc1ccc(CCN)cc1OCC(C)OC. The Morgan fingerprint density at radius 1 is 1.24 bits per heavy atom. The van der Waals surface area contributed by atoms with Gasteiger partial charge in [-0.15, -0.1) is 0 Å². The molecule has 0 heterocycles. The Kier molecular flexibility index (Phi) is 5.80. The first kappa shape index (κ1) is 13.8. The Balaban J connectivity index is 2.75. The second-order valence-electron chi connectivity index (χ2n) is 3.88. The Morgan fingerprint density at radius 2 is 2.00 bits per heavy atom. The maximum absolute atomic E-state index is 5.68. The summed E-state index contributed by atoms with van der Waals surface area (Å²) in [7, 11) is 3.29. The van der Waals surface area contributed by atoms with Crippen LogP contribution in [0.4, 0.5) is 0 Å². The summed E-state index contributed by atoms with van der Waals surface area (Å²) in [6.07, 6.45) is 0.887. The van der Waals surface area contributed by atoms with E-state index >= 15 is 0 Å². The first-order chi connectivity index (χ1) is 8.21. The van der Waals surface area contributed by atoms with E-state index in [0.717, 1.165) is 23.5 Å². The van der Waals surface area contributed by atoms with Crippen LogP contribution in [0, 0.1) is 0 Å². The summed E-state index contributed by atoms with van der Waals surface area (Å²) < 4.78 is 16.1. The highest BCUT2D eigenvalue weighted by atomic mass is 16.5. The zero-order chi connectivity index (χ0) is 12.7. The summed E-state index contributed by atoms with van der Waals surface area (Å²) in [5, 5.41) is 0. The van der Waals surface area contributed by atoms with Crippen molar-refractivity contribution < 1.29 is 14.2 Å². The van der Waals surface area contributed by atoms with Gasteiger partial charge in [-0.05, 0) is 37.6 Å². The molecule has 0 saturated carbocycles. The van der Waals surface area contributed by atoms with Crippen LogP contribution in [0.15, 0.2) is 18.2 Å². The van der Waals surface area contributed by atoms with Gasteiger partial charge in [0.25, 0.3) is 0 Å². The van der Waals surface area contributed by atoms with Crippen LogP contribution < -0.4 is 15.2 Å². The highest BCUT2D eigenvalue weighted by Gasteiger charge is 2.07. The van der Waals surface area contributed by atoms with Crippen molar-refractivity contribution in [1.82, 2.24) is 0 Å². The summed E-state index contributed by atoms with van der Waals surface area (Å²) in [6, 6.07) is 5.87. The summed E-state index contributed by atoms with van der Waals surface area (Å²) in [6.45, 7) is 3.08. The summed E-state index contributed by atoms with van der Waals surface area (Å²) in [5.74, 6) is 1.47. The number of benzene rings is 1. The number of nitrogens with two attached hydrogens (primary N) is 1. The van der Waals surface area contributed by atoms with Crippen LogP contribution in [0.25, 0.3) is 0 Å². The van der Waals surface area contributed by atoms with Crippen molar-refractivity contribution in [3.05, 3.63) is 23.8 Å². The lowest BCUT2D eigenvalue weighted by Gasteiger charge is -2.15. The van der Waals surface area contributed by atoms with Crippen molar-refractivity contribution in [3.8, 4) is 11.5 Å². The fraction of sp³-hybridized carbons (Fsp3) is 0.538. The van der Waals surface area contributed by atoms with Gasteiger partial charge in [0.2, 0.25) is 0 Å². The minimum absolute atomic E-state index is 0.0536. The number of rotatable bonds is 7. The molecule has 1 atom stereocenters. The fourth-order valence-corrected chi connectivity index (χ4v) is 1.43. The zero-order valence-corrected chi connectivity index (χ0v) is 10.7. The van der Waals surface area contributed by atoms with Crippen LogP contribution in [-0.2, 0) is 11.2 Å². The van der Waals surface area contributed by atoms with Gasteiger partial charge in [-0.1, -0.05) is 6.07 Å². The second-order valence-corrected chi connectivity index (χ2v) is 3.88. The van der Waals surface area contributed by atoms with Crippen LogP contribution in [0.1, 0.15) is 12.5 Å². The maximum atomic E-state index is 5.68. The average Bonchev–Trinajstić information content (AvgIpc) is 2.36. The van der Waals surface area contributed by atoms with Crippen LogP contribution in [0.2, 0.25) is 0 Å². The molecule has 96 valence electrons. The third kappa shape index (κ3) is 4.24. The predicted octanol–water partition coefficient (Wildman–Crippen LogP) is 1.61. The number of hydrogen-bond donors (Lipinski definition) is 1. The molecule has 0 aliphatic carbocycles. The van der Waals surface area contributed by atoms with Crippen molar-refractivity contribution in [2.24, 2.45) is 5.73 Å². The molecule has 2 N–H and O–H groups in total. The van der Waals surface area contributed by atoms with Crippen molar-refractivity contribution in [2.75, 3.05) is 27.4 Å². The number of hydrogen-bond acceptors (Lipinski definition) is 4. The van der Waals surface area contributed by atoms with Crippen LogP contribution in [0.5, 0.6) is 11.5 Å². The van der Waals surface area contributed by atoms with Gasteiger partial charge >= 0.3 is 0 Å². The molecule has 0 aromatic heterocycles. The topological polar surface area (TPSA) is 53.7 Å². The number of ether oxygens (including phenoxy) is 3. The summed E-state index contributed by atoms with van der Waals surface area (Å²) >= 11 is 0. The van der Waals surface area contributed by atoms with Crippen molar-refractivity contribution in [2.45, 2.75) is 19.4 Å². The molecule has 4 heteroatoms. The predicted molar refractivity (Wildman–Crippen MR) is 67.7 cm³/mol. The Hall–Kier alpha value is -1.26. The van der Waals surface area contributed by atoms with E-state index in [0.29, 0.717) is 13.2 Å². The third-order valence-corrected chi connectivity index (χ3v) is 2.54. The van der Waals surface area contributed by atoms with Crippen molar-refractivity contribution in [3.63, 3.8) is 0 Å². The molecule has 0 fully saturated rings. The Bertz CT molecular complexity index is 341. The molecule has 0 bridgehead atoms. The van der Waals surface area contributed by atoms with E-state index in [1.165, 1.54) is 0 Å². The van der Waals surface area contributed by atoms with E-state index in [2.05, 4.69) is 0 Å². The van der Waals surface area contributed by atoms with E-state index in [1.807, 2.05) is 25.1 Å². The lowest BCUT2D eigenvalue weighted by atomic mass is 10.1. The van der Waals surface area contributed by atoms with E-state index in [9.17, 15) is 0 Å². The summed E-state index contributed by atoms with van der Waals surface area (Å²) in [5.41, 5.74) is 6.68. The van der Waals surface area contributed by atoms with Gasteiger partial charge in [-0.25, -0.2) is 0 Å². The molecule has 0 spiro atoms. The standard InChI is InChI=1S/C13H21NO3/c1-10(15-2)9-17-13-8-11(6-7-14)4-5-12(13)16-3/h4-5,8,10H,6-7,9,14H2,1-3H3. The number of methoxy groups -OCH3 is 2. The van der Waals surface area contributed by atoms with Crippen molar-refractivity contribution >= 4 is 0 Å². The van der Waals surface area contributed by atoms with Gasteiger partial charge in [-0.2, -0.15) is 0 Å². The highest BCUT2D eigenvalue weighted by Crippen LogP contribution is 2.28. The first-order valence-electron chi connectivity index (χ1n) is 5.73. The minimum atomic E-state index is 0.0536. The molecule has 0 radical (unpaired) electrons. The quantitative estimate of drug-likeness (QED) is 0.785. The Labute approximate surface area is 103 Å². The molecule has 1 aromatic rings. The van der Waals surface area contributed by atoms with Gasteiger partial charge in [0.1, 0.15) is 6.61 Å². The Morgan fingerprint density at radius 3 is 2.59 bits per heavy atom. The molecule has 1 rings (SSSR count). The highest BCUT2D eigenvalue weighted by molar-refractivity contribution is 5.43. The van der Waals surface area contributed by atoms with E-state index in [1.54, 1.807) is 14.2 Å². The summed E-state index contributed by atoms with van der Waals surface area (Å²) in [4.78, 5) is 0. The molecular weight excluding hydrogens is 218 g/mol. The molecular formula is C13H21NO3. The molecule has 0 aliphatic heterocycles. The molecule has 0 aliphatic rings. The van der Waals surface area contributed by atoms with Gasteiger partial charge in [0, 0.05) is 7.11 Å². The van der Waals surface area contributed by atoms with Gasteiger partial charge in [-0.3, -0.25) is 0 Å². The van der Waals surface area contributed by atoms with Gasteiger partial charge in [0.15, 0.2) is 11.5 Å². The lowest BCUT2D eigenvalue weighted by molar-refractivity contribution is 0.0706. The van der Waals surface area contributed by atoms with Crippen LogP contribution in [0.3, 0.4) is 0 Å². The molecule has 0 amide bonds. The van der Waals surface area contributed by atoms with Gasteiger partial charge in [0.05, 0.1) is 13.2 Å². The minimum Gasteiger partial charge on any atom is -0.493 e.